The molecule has 0 atom stereocenters. The fourth-order valence-corrected chi connectivity index (χ4v) is 1.79. The van der Waals surface area contributed by atoms with Gasteiger partial charge in [0.25, 0.3) is 0 Å². The monoisotopic (exact) mass is 299 g/mol. The number of anilines is 1. The number of methoxy groups -OCH3 is 1. The van der Waals surface area contributed by atoms with Crippen LogP contribution in [0.25, 0.3) is 0 Å². The average Bonchev–Trinajstić information content (AvgIpc) is 2.54. The molecule has 2 rings (SSSR count). The van der Waals surface area contributed by atoms with E-state index in [4.69, 9.17) is 17.0 Å². The van der Waals surface area contributed by atoms with Gasteiger partial charge in [-0.25, -0.2) is 5.01 Å². The molecule has 5 heteroatoms. The molecule has 0 aliphatic rings. The summed E-state index contributed by atoms with van der Waals surface area (Å²) in [5.41, 5.74) is 1.92. The van der Waals surface area contributed by atoms with E-state index in [1.165, 1.54) is 0 Å². The van der Waals surface area contributed by atoms with E-state index >= 15 is 0 Å². The van der Waals surface area contributed by atoms with Crippen molar-refractivity contribution in [1.29, 1.82) is 0 Å². The van der Waals surface area contributed by atoms with Crippen LogP contribution in [0, 0.1) is 0 Å². The molecule has 0 fully saturated rings. The molecule has 2 aromatic rings. The van der Waals surface area contributed by atoms with Crippen LogP contribution in [0.3, 0.4) is 0 Å². The summed E-state index contributed by atoms with van der Waals surface area (Å²) in [6.45, 7) is 0. The maximum atomic E-state index is 5.31. The van der Waals surface area contributed by atoms with Gasteiger partial charge in [0, 0.05) is 12.7 Å². The predicted molar refractivity (Wildman–Crippen MR) is 91.0 cm³/mol. The fourth-order valence-electron chi connectivity index (χ4n) is 1.62. The van der Waals surface area contributed by atoms with Crippen LogP contribution in [0.4, 0.5) is 5.69 Å². The van der Waals surface area contributed by atoms with Crippen LogP contribution in [-0.2, 0) is 0 Å². The Balaban J connectivity index is 1.94. The Hall–Kier alpha value is -2.40. The van der Waals surface area contributed by atoms with Gasteiger partial charge in [0.2, 0.25) is 0 Å². The smallest absolute Gasteiger partial charge is 0.193 e. The minimum Gasteiger partial charge on any atom is -0.497 e. The summed E-state index contributed by atoms with van der Waals surface area (Å²) in [5.74, 6) is 0.807. The normalized spacial score (nSPS) is 10.4. The van der Waals surface area contributed by atoms with Crippen molar-refractivity contribution >= 4 is 29.2 Å². The van der Waals surface area contributed by atoms with Crippen LogP contribution in [0.5, 0.6) is 5.75 Å². The zero-order chi connectivity index (χ0) is 15.1. The van der Waals surface area contributed by atoms with Crippen LogP contribution in [-0.4, -0.2) is 30.5 Å². The molecule has 4 nitrogen and oxygen atoms in total. The van der Waals surface area contributed by atoms with Crippen LogP contribution < -0.4 is 10.1 Å². The topological polar surface area (TPSA) is 36.9 Å². The van der Waals surface area contributed by atoms with Crippen molar-refractivity contribution in [2.75, 3.05) is 19.5 Å². The molecule has 0 aliphatic heterocycles. The second kappa shape index (κ2) is 7.40. The van der Waals surface area contributed by atoms with Gasteiger partial charge in [0.1, 0.15) is 5.75 Å². The number of nitrogens with zero attached hydrogens (tertiary/aromatic N) is 2. The largest absolute Gasteiger partial charge is 0.497 e. The molecule has 0 aromatic heterocycles. The van der Waals surface area contributed by atoms with Crippen molar-refractivity contribution in [3.8, 4) is 5.75 Å². The molecule has 0 amide bonds. The number of hydrogen-bond donors (Lipinski definition) is 1. The molecule has 0 radical (unpaired) electrons. The third-order valence-electron chi connectivity index (χ3n) is 2.81. The Labute approximate surface area is 130 Å². The van der Waals surface area contributed by atoms with Gasteiger partial charge in [-0.15, -0.1) is 0 Å². The van der Waals surface area contributed by atoms with Crippen LogP contribution in [0.15, 0.2) is 59.7 Å². The lowest BCUT2D eigenvalue weighted by Gasteiger charge is -2.15. The maximum absolute atomic E-state index is 5.31. The summed E-state index contributed by atoms with van der Waals surface area (Å²) in [6.07, 6.45) is 1.77. The van der Waals surface area contributed by atoms with Gasteiger partial charge in [0.15, 0.2) is 5.11 Å². The highest BCUT2D eigenvalue weighted by molar-refractivity contribution is 7.80. The Morgan fingerprint density at radius 2 is 1.81 bits per heavy atom. The Bertz CT molecular complexity index is 611. The number of benzene rings is 2. The predicted octanol–water partition coefficient (Wildman–Crippen LogP) is 3.36. The second-order valence-corrected chi connectivity index (χ2v) is 4.72. The van der Waals surface area contributed by atoms with Gasteiger partial charge in [0.05, 0.1) is 13.3 Å². The number of hydrazone groups is 1. The first-order valence-electron chi connectivity index (χ1n) is 6.47. The van der Waals surface area contributed by atoms with E-state index in [2.05, 4.69) is 10.4 Å². The van der Waals surface area contributed by atoms with Gasteiger partial charge in [-0.2, -0.15) is 5.10 Å². The lowest BCUT2D eigenvalue weighted by Crippen LogP contribution is -2.26. The van der Waals surface area contributed by atoms with Crippen LogP contribution in [0.1, 0.15) is 5.56 Å². The molecular formula is C16H17N3OS. The molecule has 0 saturated carbocycles. The molecule has 0 saturated heterocycles. The third kappa shape index (κ3) is 4.57. The van der Waals surface area contributed by atoms with Gasteiger partial charge in [-0.1, -0.05) is 30.3 Å². The van der Waals surface area contributed by atoms with Gasteiger partial charge in [-0.05, 0) is 42.0 Å². The summed E-state index contributed by atoms with van der Waals surface area (Å²) < 4.78 is 5.11. The summed E-state index contributed by atoms with van der Waals surface area (Å²) in [7, 11) is 3.44. The van der Waals surface area contributed by atoms with E-state index in [9.17, 15) is 0 Å². The first-order valence-corrected chi connectivity index (χ1v) is 6.87. The van der Waals surface area contributed by atoms with Crippen molar-refractivity contribution < 1.29 is 4.74 Å². The van der Waals surface area contributed by atoms with E-state index in [-0.39, 0.29) is 0 Å². The highest BCUT2D eigenvalue weighted by Gasteiger charge is 2.02. The standard InChI is InChI=1S/C16H17N3OS/c1-19(17-12-13-6-4-3-5-7-13)16(21)18-14-8-10-15(20-2)11-9-14/h3-12H,1-2H3,(H,18,21)/b17-12+. The number of thiocarbonyl (C=S) groups is 1. The molecule has 0 aliphatic carbocycles. The molecule has 0 unspecified atom stereocenters. The number of nitrogens with one attached hydrogen (secondary N) is 1. The lowest BCUT2D eigenvalue weighted by molar-refractivity contribution is 0.415. The fraction of sp³-hybridized carbons (Fsp3) is 0.125. The molecule has 108 valence electrons. The minimum atomic E-state index is 0.521. The van der Waals surface area contributed by atoms with Crippen LogP contribution in [0.2, 0.25) is 0 Å². The molecular weight excluding hydrogens is 282 g/mol. The maximum Gasteiger partial charge on any atom is 0.193 e. The van der Waals surface area contributed by atoms with Gasteiger partial charge < -0.3 is 10.1 Å². The highest BCUT2D eigenvalue weighted by atomic mass is 32.1. The summed E-state index contributed by atoms with van der Waals surface area (Å²) in [5, 5.41) is 9.56. The highest BCUT2D eigenvalue weighted by Crippen LogP contribution is 2.15. The number of rotatable bonds is 4. The summed E-state index contributed by atoms with van der Waals surface area (Å²) in [6, 6.07) is 17.4. The number of hydrogen-bond acceptors (Lipinski definition) is 3. The summed E-state index contributed by atoms with van der Waals surface area (Å²) >= 11 is 5.31. The Kier molecular flexibility index (Phi) is 5.29. The average molecular weight is 299 g/mol. The second-order valence-electron chi connectivity index (χ2n) is 4.34. The third-order valence-corrected chi connectivity index (χ3v) is 3.18. The summed E-state index contributed by atoms with van der Waals surface area (Å²) in [4.78, 5) is 0. The van der Waals surface area contributed by atoms with Gasteiger partial charge >= 0.3 is 0 Å². The zero-order valence-electron chi connectivity index (χ0n) is 12.0. The molecule has 0 spiro atoms. The van der Waals surface area contributed by atoms with E-state index in [1.807, 2.05) is 54.6 Å². The zero-order valence-corrected chi connectivity index (χ0v) is 12.8. The Morgan fingerprint density at radius 3 is 2.43 bits per heavy atom. The molecule has 1 N–H and O–H groups in total. The molecule has 21 heavy (non-hydrogen) atoms. The van der Waals surface area contributed by atoms with Crippen molar-refractivity contribution in [3.63, 3.8) is 0 Å². The lowest BCUT2D eigenvalue weighted by atomic mass is 10.2. The van der Waals surface area contributed by atoms with Crippen molar-refractivity contribution in [1.82, 2.24) is 5.01 Å². The van der Waals surface area contributed by atoms with Crippen molar-refractivity contribution in [2.24, 2.45) is 5.10 Å². The number of ether oxygens (including phenoxy) is 1. The molecule has 2 aromatic carbocycles. The Morgan fingerprint density at radius 1 is 1.14 bits per heavy atom. The van der Waals surface area contributed by atoms with Crippen molar-refractivity contribution in [3.05, 3.63) is 60.2 Å². The van der Waals surface area contributed by atoms with E-state index < -0.39 is 0 Å². The van der Waals surface area contributed by atoms with Crippen molar-refractivity contribution in [2.45, 2.75) is 0 Å². The van der Waals surface area contributed by atoms with E-state index in [0.29, 0.717) is 5.11 Å². The first-order chi connectivity index (χ1) is 10.2. The molecule has 0 heterocycles. The SMILES string of the molecule is COc1ccc(NC(=S)N(C)/N=C/c2ccccc2)cc1. The van der Waals surface area contributed by atoms with E-state index in [0.717, 1.165) is 17.0 Å². The van der Waals surface area contributed by atoms with Gasteiger partial charge in [-0.3, -0.25) is 0 Å². The molecule has 0 bridgehead atoms. The quantitative estimate of drug-likeness (QED) is 0.533. The van der Waals surface area contributed by atoms with E-state index in [1.54, 1.807) is 25.4 Å². The first kappa shape index (κ1) is 15.0. The minimum absolute atomic E-state index is 0.521. The van der Waals surface area contributed by atoms with Crippen LogP contribution >= 0.6 is 12.2 Å².